The van der Waals surface area contributed by atoms with Gasteiger partial charge in [0.2, 0.25) is 11.8 Å². The Morgan fingerprint density at radius 2 is 2.00 bits per heavy atom. The third kappa shape index (κ3) is 3.30. The Morgan fingerprint density at radius 1 is 1.16 bits per heavy atom. The molecule has 0 atom stereocenters. The minimum absolute atomic E-state index is 0.165. The highest BCUT2D eigenvalue weighted by Gasteiger charge is 2.04. The lowest BCUT2D eigenvalue weighted by atomic mass is 10.1. The summed E-state index contributed by atoms with van der Waals surface area (Å²) in [4.78, 5) is 19.5. The van der Waals surface area contributed by atoms with Gasteiger partial charge in [0.25, 0.3) is 0 Å². The highest BCUT2D eigenvalue weighted by atomic mass is 16.3. The number of para-hydroxylation sites is 3. The van der Waals surface area contributed by atoms with Crippen LogP contribution in [0.5, 0.6) is 0 Å². The second-order valence-electron chi connectivity index (χ2n) is 5.75. The van der Waals surface area contributed by atoms with E-state index >= 15 is 0 Å². The van der Waals surface area contributed by atoms with Gasteiger partial charge in [0.15, 0.2) is 5.58 Å². The van der Waals surface area contributed by atoms with Gasteiger partial charge < -0.3 is 14.7 Å². The molecule has 5 nitrogen and oxygen atoms in total. The second kappa shape index (κ2) is 6.65. The lowest BCUT2D eigenvalue weighted by molar-refractivity contribution is -0.116. The molecule has 2 heterocycles. The van der Waals surface area contributed by atoms with Crippen molar-refractivity contribution in [2.24, 2.45) is 0 Å². The van der Waals surface area contributed by atoms with E-state index in [0.717, 1.165) is 17.5 Å². The SMILES string of the molecule is O=C(C=Cc1nc2ccccc2o1)NCCc1c[nH]c2ccccc12. The van der Waals surface area contributed by atoms with Gasteiger partial charge in [0, 0.05) is 35.8 Å². The van der Waals surface area contributed by atoms with Gasteiger partial charge in [-0.1, -0.05) is 30.3 Å². The predicted octanol–water partition coefficient (Wildman–Crippen LogP) is 3.68. The average molecular weight is 331 g/mol. The maximum absolute atomic E-state index is 11.9. The van der Waals surface area contributed by atoms with Crippen LogP contribution < -0.4 is 5.32 Å². The minimum atomic E-state index is -0.165. The van der Waals surface area contributed by atoms with Crippen LogP contribution in [0.3, 0.4) is 0 Å². The molecule has 0 unspecified atom stereocenters. The number of fused-ring (bicyclic) bond motifs is 2. The van der Waals surface area contributed by atoms with Crippen LogP contribution in [0.1, 0.15) is 11.5 Å². The number of benzene rings is 2. The first-order valence-electron chi connectivity index (χ1n) is 8.16. The number of nitrogens with one attached hydrogen (secondary N) is 2. The summed E-state index contributed by atoms with van der Waals surface area (Å²) in [7, 11) is 0. The van der Waals surface area contributed by atoms with E-state index in [1.807, 2.05) is 48.7 Å². The number of hydrogen-bond acceptors (Lipinski definition) is 3. The minimum Gasteiger partial charge on any atom is -0.437 e. The van der Waals surface area contributed by atoms with E-state index in [2.05, 4.69) is 21.4 Å². The number of hydrogen-bond donors (Lipinski definition) is 2. The Hall–Kier alpha value is -3.34. The van der Waals surface area contributed by atoms with Crippen molar-refractivity contribution in [1.82, 2.24) is 15.3 Å². The van der Waals surface area contributed by atoms with Crippen LogP contribution in [0.25, 0.3) is 28.1 Å². The second-order valence-corrected chi connectivity index (χ2v) is 5.75. The van der Waals surface area contributed by atoms with Gasteiger partial charge in [-0.05, 0) is 30.2 Å². The number of carbonyl (C=O) groups is 1. The third-order valence-corrected chi connectivity index (χ3v) is 4.06. The van der Waals surface area contributed by atoms with E-state index in [9.17, 15) is 4.79 Å². The molecule has 5 heteroatoms. The number of carbonyl (C=O) groups excluding carboxylic acids is 1. The Labute approximate surface area is 144 Å². The average Bonchev–Trinajstić information content (AvgIpc) is 3.24. The van der Waals surface area contributed by atoms with Crippen LogP contribution in [0.2, 0.25) is 0 Å². The first-order chi connectivity index (χ1) is 12.3. The number of H-pyrrole nitrogens is 1. The molecule has 25 heavy (non-hydrogen) atoms. The molecule has 0 aliphatic carbocycles. The maximum Gasteiger partial charge on any atom is 0.244 e. The van der Waals surface area contributed by atoms with Crippen LogP contribution >= 0.6 is 0 Å². The van der Waals surface area contributed by atoms with Crippen molar-refractivity contribution in [2.75, 3.05) is 6.54 Å². The van der Waals surface area contributed by atoms with Crippen molar-refractivity contribution < 1.29 is 9.21 Å². The van der Waals surface area contributed by atoms with Crippen LogP contribution in [0.15, 0.2) is 65.2 Å². The molecular formula is C20H17N3O2. The summed E-state index contributed by atoms with van der Waals surface area (Å²) in [6, 6.07) is 15.6. The molecule has 124 valence electrons. The first-order valence-corrected chi connectivity index (χ1v) is 8.16. The van der Waals surface area contributed by atoms with Gasteiger partial charge in [-0.15, -0.1) is 0 Å². The fourth-order valence-corrected chi connectivity index (χ4v) is 2.83. The molecule has 2 aromatic heterocycles. The largest absolute Gasteiger partial charge is 0.437 e. The highest BCUT2D eigenvalue weighted by molar-refractivity contribution is 5.91. The molecule has 4 rings (SSSR count). The third-order valence-electron chi connectivity index (χ3n) is 4.06. The molecule has 0 fully saturated rings. The number of nitrogens with zero attached hydrogens (tertiary/aromatic N) is 1. The smallest absolute Gasteiger partial charge is 0.244 e. The number of oxazole rings is 1. The summed E-state index contributed by atoms with van der Waals surface area (Å²) >= 11 is 0. The topological polar surface area (TPSA) is 70.9 Å². The first kappa shape index (κ1) is 15.2. The molecule has 0 saturated carbocycles. The Bertz CT molecular complexity index is 1030. The lowest BCUT2D eigenvalue weighted by Gasteiger charge is -2.01. The zero-order chi connectivity index (χ0) is 17.1. The predicted molar refractivity (Wildman–Crippen MR) is 98.1 cm³/mol. The van der Waals surface area contributed by atoms with E-state index in [0.29, 0.717) is 18.0 Å². The molecule has 0 spiro atoms. The van der Waals surface area contributed by atoms with Gasteiger partial charge in [-0.2, -0.15) is 0 Å². The van der Waals surface area contributed by atoms with Crippen molar-refractivity contribution in [2.45, 2.75) is 6.42 Å². The number of rotatable bonds is 5. The van der Waals surface area contributed by atoms with Gasteiger partial charge in [-0.3, -0.25) is 4.79 Å². The fraction of sp³-hybridized carbons (Fsp3) is 0.100. The molecule has 2 N–H and O–H groups in total. The van der Waals surface area contributed by atoms with Crippen molar-refractivity contribution >= 4 is 34.0 Å². The maximum atomic E-state index is 11.9. The molecule has 1 amide bonds. The van der Waals surface area contributed by atoms with Crippen LogP contribution in [-0.2, 0) is 11.2 Å². The fourth-order valence-electron chi connectivity index (χ4n) is 2.83. The van der Waals surface area contributed by atoms with Gasteiger partial charge in [0.05, 0.1) is 0 Å². The molecule has 0 aliphatic rings. The standard InChI is InChI=1S/C20H17N3O2/c24-19(9-10-20-23-17-7-3-4-8-18(17)25-20)21-12-11-14-13-22-16-6-2-1-5-15(14)16/h1-10,13,22H,11-12H2,(H,21,24). The van der Waals surface area contributed by atoms with Gasteiger partial charge in [0.1, 0.15) is 5.52 Å². The molecule has 4 aromatic rings. The summed E-state index contributed by atoms with van der Waals surface area (Å²) in [6.07, 6.45) is 5.79. The summed E-state index contributed by atoms with van der Waals surface area (Å²) in [5.74, 6) is 0.259. The molecule has 2 aromatic carbocycles. The Kier molecular flexibility index (Phi) is 4.04. The normalized spacial score (nSPS) is 11.5. The summed E-state index contributed by atoms with van der Waals surface area (Å²) in [5, 5.41) is 4.07. The molecule has 0 aliphatic heterocycles. The number of aromatic nitrogens is 2. The van der Waals surface area contributed by atoms with Crippen LogP contribution in [0.4, 0.5) is 0 Å². The van der Waals surface area contributed by atoms with Gasteiger partial charge in [-0.25, -0.2) is 4.98 Å². The van der Waals surface area contributed by atoms with Crippen LogP contribution in [-0.4, -0.2) is 22.4 Å². The molecule has 0 radical (unpaired) electrons. The Morgan fingerprint density at radius 3 is 2.92 bits per heavy atom. The van der Waals surface area contributed by atoms with E-state index in [1.54, 1.807) is 6.08 Å². The van der Waals surface area contributed by atoms with Crippen molar-refractivity contribution in [1.29, 1.82) is 0 Å². The van der Waals surface area contributed by atoms with Crippen molar-refractivity contribution in [3.63, 3.8) is 0 Å². The van der Waals surface area contributed by atoms with E-state index in [1.165, 1.54) is 17.0 Å². The quantitative estimate of drug-likeness (QED) is 0.548. The monoisotopic (exact) mass is 331 g/mol. The van der Waals surface area contributed by atoms with E-state index in [4.69, 9.17) is 4.42 Å². The summed E-state index contributed by atoms with van der Waals surface area (Å²) in [5.41, 5.74) is 3.79. The Balaban J connectivity index is 1.34. The molecule has 0 saturated heterocycles. The number of aromatic amines is 1. The van der Waals surface area contributed by atoms with E-state index < -0.39 is 0 Å². The van der Waals surface area contributed by atoms with Gasteiger partial charge >= 0.3 is 0 Å². The molecular weight excluding hydrogens is 314 g/mol. The zero-order valence-corrected chi connectivity index (χ0v) is 13.5. The zero-order valence-electron chi connectivity index (χ0n) is 13.5. The summed E-state index contributed by atoms with van der Waals surface area (Å²) in [6.45, 7) is 0.568. The molecule has 0 bridgehead atoms. The van der Waals surface area contributed by atoms with Crippen molar-refractivity contribution in [3.8, 4) is 0 Å². The summed E-state index contributed by atoms with van der Waals surface area (Å²) < 4.78 is 5.55. The number of amides is 1. The van der Waals surface area contributed by atoms with Crippen LogP contribution in [0, 0.1) is 0 Å². The lowest BCUT2D eigenvalue weighted by Crippen LogP contribution is -2.23. The van der Waals surface area contributed by atoms with Crippen molar-refractivity contribution in [3.05, 3.63) is 72.3 Å². The van der Waals surface area contributed by atoms with E-state index in [-0.39, 0.29) is 5.91 Å². The highest BCUT2D eigenvalue weighted by Crippen LogP contribution is 2.18.